The number of amides is 1. The minimum atomic E-state index is -0.00803. The number of anilines is 1. The summed E-state index contributed by atoms with van der Waals surface area (Å²) in [5.41, 5.74) is 1.46. The fraction of sp³-hybridized carbons (Fsp3) is 0.235. The van der Waals surface area contributed by atoms with Crippen LogP contribution in [0.5, 0.6) is 0 Å². The third-order valence-electron chi connectivity index (χ3n) is 4.06. The number of thiazole rings is 1. The molecule has 2 aromatic heterocycles. The molecule has 1 saturated heterocycles. The molecule has 1 aliphatic rings. The Morgan fingerprint density at radius 1 is 1.12 bits per heavy atom. The van der Waals surface area contributed by atoms with Gasteiger partial charge in [0.25, 0.3) is 5.91 Å². The van der Waals surface area contributed by atoms with Gasteiger partial charge in [0, 0.05) is 37.4 Å². The van der Waals surface area contributed by atoms with Gasteiger partial charge in [-0.3, -0.25) is 9.78 Å². The van der Waals surface area contributed by atoms with Crippen LogP contribution in [0.4, 0.5) is 5.13 Å². The van der Waals surface area contributed by atoms with Crippen LogP contribution in [-0.2, 0) is 0 Å². The second-order valence-electron chi connectivity index (χ2n) is 5.60. The molecular weight excluding hydrogens is 344 g/mol. The van der Waals surface area contributed by atoms with Crippen LogP contribution in [0.1, 0.15) is 10.5 Å². The van der Waals surface area contributed by atoms with E-state index in [4.69, 9.17) is 11.6 Å². The Balaban J connectivity index is 1.46. The zero-order valence-corrected chi connectivity index (χ0v) is 14.4. The third-order valence-corrected chi connectivity index (χ3v) is 5.37. The number of carbonyl (C=O) groups excluding carboxylic acids is 1. The molecule has 1 amide bonds. The number of rotatable bonds is 2. The van der Waals surface area contributed by atoms with E-state index in [1.54, 1.807) is 23.6 Å². The number of hydrogen-bond acceptors (Lipinski definition) is 5. The molecule has 0 radical (unpaired) electrons. The van der Waals surface area contributed by atoms with Crippen LogP contribution in [0, 0.1) is 0 Å². The first-order valence-electron chi connectivity index (χ1n) is 7.72. The van der Waals surface area contributed by atoms with Gasteiger partial charge >= 0.3 is 0 Å². The monoisotopic (exact) mass is 358 g/mol. The van der Waals surface area contributed by atoms with E-state index < -0.39 is 0 Å². The number of nitrogens with zero attached hydrogens (tertiary/aromatic N) is 4. The van der Waals surface area contributed by atoms with Crippen LogP contribution >= 0.6 is 22.9 Å². The number of carbonyl (C=O) groups is 1. The summed E-state index contributed by atoms with van der Waals surface area (Å²) in [5, 5.41) is 1.71. The number of halogens is 1. The van der Waals surface area contributed by atoms with Crippen molar-refractivity contribution in [3.8, 4) is 0 Å². The van der Waals surface area contributed by atoms with Gasteiger partial charge in [-0.25, -0.2) is 4.98 Å². The average molecular weight is 359 g/mol. The number of fused-ring (bicyclic) bond motifs is 1. The van der Waals surface area contributed by atoms with E-state index in [0.29, 0.717) is 18.8 Å². The summed E-state index contributed by atoms with van der Waals surface area (Å²) in [6.07, 6.45) is 1.65. The van der Waals surface area contributed by atoms with E-state index in [0.717, 1.165) is 33.5 Å². The molecule has 24 heavy (non-hydrogen) atoms. The van der Waals surface area contributed by atoms with Gasteiger partial charge in [-0.1, -0.05) is 29.0 Å². The molecular formula is C17H15ClN4OS. The Labute approximate surface area is 148 Å². The highest BCUT2D eigenvalue weighted by molar-refractivity contribution is 7.22. The number of hydrogen-bond donors (Lipinski definition) is 0. The highest BCUT2D eigenvalue weighted by Gasteiger charge is 2.24. The standard InChI is InChI=1S/C17H15ClN4OS/c18-12-4-5-13-15(11-12)24-17(20-13)22-9-7-21(8-10-22)16(23)14-3-1-2-6-19-14/h1-6,11H,7-10H2. The second-order valence-corrected chi connectivity index (χ2v) is 7.05. The Hall–Kier alpha value is -2.18. The maximum Gasteiger partial charge on any atom is 0.272 e. The summed E-state index contributed by atoms with van der Waals surface area (Å²) < 4.78 is 1.09. The van der Waals surface area contributed by atoms with E-state index in [9.17, 15) is 4.79 Å². The van der Waals surface area contributed by atoms with Crippen LogP contribution in [0.3, 0.4) is 0 Å². The minimum absolute atomic E-state index is 0.00803. The van der Waals surface area contributed by atoms with Crippen molar-refractivity contribution in [2.24, 2.45) is 0 Å². The minimum Gasteiger partial charge on any atom is -0.345 e. The lowest BCUT2D eigenvalue weighted by Gasteiger charge is -2.34. The molecule has 0 saturated carbocycles. The molecule has 3 heterocycles. The molecule has 3 aromatic rings. The highest BCUT2D eigenvalue weighted by Crippen LogP contribution is 2.31. The fourth-order valence-corrected chi connectivity index (χ4v) is 4.07. The molecule has 0 spiro atoms. The predicted molar refractivity (Wildman–Crippen MR) is 97.0 cm³/mol. The van der Waals surface area contributed by atoms with Gasteiger partial charge < -0.3 is 9.80 Å². The summed E-state index contributed by atoms with van der Waals surface area (Å²) in [5.74, 6) is -0.00803. The molecule has 0 atom stereocenters. The average Bonchev–Trinajstić information content (AvgIpc) is 3.05. The Kier molecular flexibility index (Phi) is 4.08. The fourth-order valence-electron chi connectivity index (χ4n) is 2.77. The molecule has 122 valence electrons. The molecule has 0 unspecified atom stereocenters. The van der Waals surface area contributed by atoms with Crippen molar-refractivity contribution in [2.75, 3.05) is 31.1 Å². The lowest BCUT2D eigenvalue weighted by atomic mass is 10.2. The number of benzene rings is 1. The molecule has 0 aliphatic carbocycles. The first-order valence-corrected chi connectivity index (χ1v) is 8.91. The van der Waals surface area contributed by atoms with Crippen LogP contribution in [-0.4, -0.2) is 47.0 Å². The van der Waals surface area contributed by atoms with E-state index in [-0.39, 0.29) is 5.91 Å². The van der Waals surface area contributed by atoms with Gasteiger partial charge in [-0.2, -0.15) is 0 Å². The number of pyridine rings is 1. The molecule has 4 rings (SSSR count). The van der Waals surface area contributed by atoms with Gasteiger partial charge in [0.05, 0.1) is 10.2 Å². The topological polar surface area (TPSA) is 49.3 Å². The molecule has 1 aromatic carbocycles. The lowest BCUT2D eigenvalue weighted by molar-refractivity contribution is 0.0741. The first-order chi connectivity index (χ1) is 11.7. The van der Waals surface area contributed by atoms with Gasteiger partial charge in [0.1, 0.15) is 5.69 Å². The van der Waals surface area contributed by atoms with Crippen LogP contribution < -0.4 is 4.90 Å². The summed E-state index contributed by atoms with van der Waals surface area (Å²) in [4.78, 5) is 25.3. The summed E-state index contributed by atoms with van der Waals surface area (Å²) in [6.45, 7) is 2.89. The Morgan fingerprint density at radius 2 is 1.96 bits per heavy atom. The maximum atomic E-state index is 12.4. The van der Waals surface area contributed by atoms with Crippen molar-refractivity contribution in [3.63, 3.8) is 0 Å². The molecule has 7 heteroatoms. The molecule has 5 nitrogen and oxygen atoms in total. The smallest absolute Gasteiger partial charge is 0.272 e. The zero-order chi connectivity index (χ0) is 16.5. The summed E-state index contributed by atoms with van der Waals surface area (Å²) in [6, 6.07) is 11.1. The molecule has 0 bridgehead atoms. The zero-order valence-electron chi connectivity index (χ0n) is 12.9. The lowest BCUT2D eigenvalue weighted by Crippen LogP contribution is -2.49. The van der Waals surface area contributed by atoms with Crippen LogP contribution in [0.2, 0.25) is 5.02 Å². The van der Waals surface area contributed by atoms with Crippen molar-refractivity contribution in [1.82, 2.24) is 14.9 Å². The van der Waals surface area contributed by atoms with Crippen molar-refractivity contribution < 1.29 is 4.79 Å². The third kappa shape index (κ3) is 2.95. The van der Waals surface area contributed by atoms with Gasteiger partial charge in [0.15, 0.2) is 5.13 Å². The van der Waals surface area contributed by atoms with Gasteiger partial charge in [-0.05, 0) is 30.3 Å². The van der Waals surface area contributed by atoms with Crippen LogP contribution in [0.25, 0.3) is 10.2 Å². The van der Waals surface area contributed by atoms with Crippen molar-refractivity contribution in [2.45, 2.75) is 0 Å². The van der Waals surface area contributed by atoms with E-state index in [2.05, 4.69) is 14.9 Å². The molecule has 1 fully saturated rings. The summed E-state index contributed by atoms with van der Waals surface area (Å²) in [7, 11) is 0. The Bertz CT molecular complexity index is 875. The number of aromatic nitrogens is 2. The SMILES string of the molecule is O=C(c1ccccn1)N1CCN(c2nc3ccc(Cl)cc3s2)CC1. The molecule has 1 aliphatic heterocycles. The van der Waals surface area contributed by atoms with E-state index in [1.807, 2.05) is 35.2 Å². The second kappa shape index (κ2) is 6.37. The van der Waals surface area contributed by atoms with Crippen molar-refractivity contribution in [3.05, 3.63) is 53.3 Å². The van der Waals surface area contributed by atoms with E-state index in [1.165, 1.54) is 0 Å². The maximum absolute atomic E-state index is 12.4. The molecule has 0 N–H and O–H groups in total. The van der Waals surface area contributed by atoms with Gasteiger partial charge in [-0.15, -0.1) is 0 Å². The summed E-state index contributed by atoms with van der Waals surface area (Å²) >= 11 is 7.68. The largest absolute Gasteiger partial charge is 0.345 e. The van der Waals surface area contributed by atoms with Gasteiger partial charge in [0.2, 0.25) is 0 Å². The highest BCUT2D eigenvalue weighted by atomic mass is 35.5. The number of piperazine rings is 1. The van der Waals surface area contributed by atoms with Crippen molar-refractivity contribution in [1.29, 1.82) is 0 Å². The van der Waals surface area contributed by atoms with Crippen molar-refractivity contribution >= 4 is 44.2 Å². The normalized spacial score (nSPS) is 15.0. The predicted octanol–water partition coefficient (Wildman–Crippen LogP) is 3.31. The quantitative estimate of drug-likeness (QED) is 0.705. The van der Waals surface area contributed by atoms with E-state index >= 15 is 0 Å². The first kappa shape index (κ1) is 15.4. The Morgan fingerprint density at radius 3 is 2.71 bits per heavy atom. The van der Waals surface area contributed by atoms with Crippen LogP contribution in [0.15, 0.2) is 42.6 Å².